The SMILES string of the molecule is CNC(=O)c1cc2c(Br)cccc2o1. The van der Waals surface area contributed by atoms with Crippen LogP contribution in [0.4, 0.5) is 0 Å². The van der Waals surface area contributed by atoms with Gasteiger partial charge in [0, 0.05) is 16.9 Å². The average Bonchev–Trinajstić information content (AvgIpc) is 2.62. The summed E-state index contributed by atoms with van der Waals surface area (Å²) in [6.45, 7) is 0. The molecular weight excluding hydrogens is 246 g/mol. The number of carbonyl (C=O) groups is 1. The summed E-state index contributed by atoms with van der Waals surface area (Å²) < 4.78 is 6.28. The van der Waals surface area contributed by atoms with Crippen molar-refractivity contribution < 1.29 is 9.21 Å². The summed E-state index contributed by atoms with van der Waals surface area (Å²) in [5.74, 6) is 0.113. The molecule has 4 heteroatoms. The van der Waals surface area contributed by atoms with Gasteiger partial charge in [-0.15, -0.1) is 0 Å². The van der Waals surface area contributed by atoms with Crippen molar-refractivity contribution in [3.8, 4) is 0 Å². The lowest BCUT2D eigenvalue weighted by Gasteiger charge is -1.90. The molecule has 0 saturated carbocycles. The highest BCUT2D eigenvalue weighted by Crippen LogP contribution is 2.26. The minimum atomic E-state index is -0.215. The number of hydrogen-bond donors (Lipinski definition) is 1. The molecule has 0 radical (unpaired) electrons. The first-order chi connectivity index (χ1) is 6.72. The number of amides is 1. The lowest BCUT2D eigenvalue weighted by Crippen LogP contribution is -2.16. The average molecular weight is 254 g/mol. The van der Waals surface area contributed by atoms with Crippen molar-refractivity contribution in [2.45, 2.75) is 0 Å². The Morgan fingerprint density at radius 3 is 2.93 bits per heavy atom. The number of benzene rings is 1. The van der Waals surface area contributed by atoms with Crippen LogP contribution in [0.5, 0.6) is 0 Å². The Hall–Kier alpha value is -1.29. The van der Waals surface area contributed by atoms with E-state index in [1.807, 2.05) is 18.2 Å². The number of nitrogens with one attached hydrogen (secondary N) is 1. The zero-order valence-electron chi connectivity index (χ0n) is 7.50. The molecule has 1 heterocycles. The van der Waals surface area contributed by atoms with Crippen LogP contribution < -0.4 is 5.32 Å². The molecule has 3 nitrogen and oxygen atoms in total. The number of carbonyl (C=O) groups excluding carboxylic acids is 1. The van der Waals surface area contributed by atoms with E-state index in [1.54, 1.807) is 13.1 Å². The van der Waals surface area contributed by atoms with Crippen LogP contribution in [-0.2, 0) is 0 Å². The summed E-state index contributed by atoms with van der Waals surface area (Å²) in [5.41, 5.74) is 0.706. The molecule has 1 aromatic heterocycles. The summed E-state index contributed by atoms with van der Waals surface area (Å²) in [7, 11) is 1.57. The summed E-state index contributed by atoms with van der Waals surface area (Å²) in [6, 6.07) is 7.32. The topological polar surface area (TPSA) is 42.2 Å². The molecule has 0 spiro atoms. The molecule has 0 atom stereocenters. The maximum atomic E-state index is 11.3. The zero-order valence-corrected chi connectivity index (χ0v) is 9.09. The van der Waals surface area contributed by atoms with Crippen molar-refractivity contribution in [1.29, 1.82) is 0 Å². The minimum absolute atomic E-state index is 0.215. The van der Waals surface area contributed by atoms with E-state index in [-0.39, 0.29) is 5.91 Å². The molecule has 0 bridgehead atoms. The van der Waals surface area contributed by atoms with E-state index < -0.39 is 0 Å². The van der Waals surface area contributed by atoms with Gasteiger partial charge in [0.05, 0.1) is 0 Å². The van der Waals surface area contributed by atoms with Gasteiger partial charge in [0.2, 0.25) is 0 Å². The third kappa shape index (κ3) is 1.42. The molecule has 14 heavy (non-hydrogen) atoms. The van der Waals surface area contributed by atoms with Gasteiger partial charge < -0.3 is 9.73 Å². The summed E-state index contributed by atoms with van der Waals surface area (Å²) in [4.78, 5) is 11.3. The number of rotatable bonds is 1. The van der Waals surface area contributed by atoms with Crippen molar-refractivity contribution in [3.63, 3.8) is 0 Å². The predicted molar refractivity (Wildman–Crippen MR) is 57.3 cm³/mol. The largest absolute Gasteiger partial charge is 0.451 e. The van der Waals surface area contributed by atoms with E-state index in [9.17, 15) is 4.79 Å². The Morgan fingerprint density at radius 1 is 1.50 bits per heavy atom. The Balaban J connectivity index is 2.62. The van der Waals surface area contributed by atoms with E-state index >= 15 is 0 Å². The number of halogens is 1. The fraction of sp³-hybridized carbons (Fsp3) is 0.100. The molecule has 0 unspecified atom stereocenters. The van der Waals surface area contributed by atoms with E-state index in [4.69, 9.17) is 4.42 Å². The standard InChI is InChI=1S/C10H8BrNO2/c1-12-10(13)9-5-6-7(11)3-2-4-8(6)14-9/h2-5H,1H3,(H,12,13). The molecule has 72 valence electrons. The zero-order chi connectivity index (χ0) is 10.1. The molecule has 1 N–H and O–H groups in total. The first-order valence-corrected chi connectivity index (χ1v) is 4.92. The van der Waals surface area contributed by atoms with Crippen molar-refractivity contribution in [1.82, 2.24) is 5.32 Å². The highest BCUT2D eigenvalue weighted by Gasteiger charge is 2.11. The maximum Gasteiger partial charge on any atom is 0.286 e. The third-order valence-corrected chi connectivity index (χ3v) is 2.65. The molecule has 0 aliphatic rings. The van der Waals surface area contributed by atoms with Crippen LogP contribution in [0, 0.1) is 0 Å². The summed E-state index contributed by atoms with van der Waals surface area (Å²) >= 11 is 3.39. The van der Waals surface area contributed by atoms with Gasteiger partial charge in [-0.25, -0.2) is 0 Å². The van der Waals surface area contributed by atoms with E-state index in [2.05, 4.69) is 21.2 Å². The maximum absolute atomic E-state index is 11.3. The molecule has 0 aliphatic heterocycles. The number of furan rings is 1. The van der Waals surface area contributed by atoms with Crippen molar-refractivity contribution in [2.24, 2.45) is 0 Å². The van der Waals surface area contributed by atoms with Crippen LogP contribution in [0.15, 0.2) is 33.2 Å². The molecule has 2 rings (SSSR count). The van der Waals surface area contributed by atoms with Crippen molar-refractivity contribution in [3.05, 3.63) is 34.5 Å². The number of fused-ring (bicyclic) bond motifs is 1. The molecular formula is C10H8BrNO2. The second kappa shape index (κ2) is 3.46. The van der Waals surface area contributed by atoms with Crippen molar-refractivity contribution in [2.75, 3.05) is 7.05 Å². The van der Waals surface area contributed by atoms with Crippen LogP contribution in [0.2, 0.25) is 0 Å². The monoisotopic (exact) mass is 253 g/mol. The third-order valence-electron chi connectivity index (χ3n) is 1.96. The van der Waals surface area contributed by atoms with E-state index in [0.717, 1.165) is 9.86 Å². The van der Waals surface area contributed by atoms with Crippen LogP contribution in [-0.4, -0.2) is 13.0 Å². The fourth-order valence-electron chi connectivity index (χ4n) is 1.26. The molecule has 0 aliphatic carbocycles. The Morgan fingerprint density at radius 2 is 2.29 bits per heavy atom. The molecule has 1 amide bonds. The molecule has 2 aromatic rings. The van der Waals surface area contributed by atoms with Gasteiger partial charge in [-0.2, -0.15) is 0 Å². The van der Waals surface area contributed by atoms with Gasteiger partial charge >= 0.3 is 0 Å². The summed E-state index contributed by atoms with van der Waals surface area (Å²) in [5, 5.41) is 3.42. The van der Waals surface area contributed by atoms with Gasteiger partial charge in [0.15, 0.2) is 5.76 Å². The predicted octanol–water partition coefficient (Wildman–Crippen LogP) is 2.55. The van der Waals surface area contributed by atoms with Crippen LogP contribution in [0.25, 0.3) is 11.0 Å². The van der Waals surface area contributed by atoms with Crippen LogP contribution in [0.3, 0.4) is 0 Å². The minimum Gasteiger partial charge on any atom is -0.451 e. The van der Waals surface area contributed by atoms with Crippen LogP contribution in [0.1, 0.15) is 10.6 Å². The smallest absolute Gasteiger partial charge is 0.286 e. The second-order valence-corrected chi connectivity index (χ2v) is 3.70. The van der Waals surface area contributed by atoms with Gasteiger partial charge in [-0.3, -0.25) is 4.79 Å². The van der Waals surface area contributed by atoms with Gasteiger partial charge in [0.25, 0.3) is 5.91 Å². The fourth-order valence-corrected chi connectivity index (χ4v) is 1.72. The van der Waals surface area contributed by atoms with Gasteiger partial charge in [-0.1, -0.05) is 22.0 Å². The first-order valence-electron chi connectivity index (χ1n) is 4.12. The van der Waals surface area contributed by atoms with E-state index in [0.29, 0.717) is 11.3 Å². The first kappa shape index (κ1) is 9.27. The number of hydrogen-bond acceptors (Lipinski definition) is 2. The normalized spacial score (nSPS) is 10.4. The molecule has 1 aromatic carbocycles. The Kier molecular flexibility index (Phi) is 2.29. The lowest BCUT2D eigenvalue weighted by molar-refractivity contribution is 0.0938. The van der Waals surface area contributed by atoms with Gasteiger partial charge in [0.1, 0.15) is 5.58 Å². The highest BCUT2D eigenvalue weighted by molar-refractivity contribution is 9.10. The molecule has 0 saturated heterocycles. The second-order valence-electron chi connectivity index (χ2n) is 2.84. The highest BCUT2D eigenvalue weighted by atomic mass is 79.9. The summed E-state index contributed by atoms with van der Waals surface area (Å²) in [6.07, 6.45) is 0. The molecule has 0 fully saturated rings. The van der Waals surface area contributed by atoms with E-state index in [1.165, 1.54) is 0 Å². The van der Waals surface area contributed by atoms with Crippen molar-refractivity contribution >= 4 is 32.8 Å². The van der Waals surface area contributed by atoms with Gasteiger partial charge in [-0.05, 0) is 18.2 Å². The quantitative estimate of drug-likeness (QED) is 0.849. The Labute approximate surface area is 89.2 Å². The Bertz CT molecular complexity index is 490. The lowest BCUT2D eigenvalue weighted by atomic mass is 10.2. The van der Waals surface area contributed by atoms with Crippen LogP contribution >= 0.6 is 15.9 Å².